The molecule has 1 heterocycles. The fraction of sp³-hybridized carbons (Fsp3) is 0.200. The molecule has 96 valence electrons. The lowest BCUT2D eigenvalue weighted by atomic mass is 10.2. The van der Waals surface area contributed by atoms with Gasteiger partial charge in [-0.05, 0) is 18.2 Å². The van der Waals surface area contributed by atoms with E-state index in [1.54, 1.807) is 0 Å². The van der Waals surface area contributed by atoms with Gasteiger partial charge < -0.3 is 14.7 Å². The third-order valence-electron chi connectivity index (χ3n) is 2.07. The zero-order chi connectivity index (χ0) is 13.3. The van der Waals surface area contributed by atoms with Crippen LogP contribution in [0.15, 0.2) is 22.7 Å². The van der Waals surface area contributed by atoms with E-state index in [1.807, 2.05) is 0 Å². The molecule has 2 N–H and O–H groups in total. The lowest BCUT2D eigenvalue weighted by Gasteiger charge is -1.99. The monoisotopic (exact) mass is 270 g/mol. The molecule has 0 saturated heterocycles. The van der Waals surface area contributed by atoms with Crippen molar-refractivity contribution >= 4 is 9.84 Å². The van der Waals surface area contributed by atoms with Crippen LogP contribution in [-0.2, 0) is 15.6 Å². The van der Waals surface area contributed by atoms with Crippen molar-refractivity contribution in [3.05, 3.63) is 24.0 Å². The largest absolute Gasteiger partial charge is 0.508 e. The van der Waals surface area contributed by atoms with E-state index < -0.39 is 9.84 Å². The Bertz CT molecular complexity index is 677. The Hall–Kier alpha value is -2.09. The van der Waals surface area contributed by atoms with Crippen LogP contribution in [0.3, 0.4) is 0 Å². The summed E-state index contributed by atoms with van der Waals surface area (Å²) >= 11 is 0. The maximum Gasteiger partial charge on any atom is 0.261 e. The van der Waals surface area contributed by atoms with E-state index in [0.717, 1.165) is 6.26 Å². The fourth-order valence-electron chi connectivity index (χ4n) is 1.35. The lowest BCUT2D eigenvalue weighted by Crippen LogP contribution is -2.02. The molecule has 8 heteroatoms. The summed E-state index contributed by atoms with van der Waals surface area (Å²) < 4.78 is 26.9. The second-order valence-electron chi connectivity index (χ2n) is 3.79. The van der Waals surface area contributed by atoms with Crippen molar-refractivity contribution < 1.29 is 23.2 Å². The molecule has 0 bridgehead atoms. The second kappa shape index (κ2) is 4.30. The fourth-order valence-corrected chi connectivity index (χ4v) is 1.94. The molecule has 2 rings (SSSR count). The number of hydrogen-bond donors (Lipinski definition) is 2. The van der Waals surface area contributed by atoms with E-state index in [4.69, 9.17) is 4.52 Å². The number of aromatic hydroxyl groups is 2. The minimum atomic E-state index is -3.26. The van der Waals surface area contributed by atoms with Crippen molar-refractivity contribution in [3.8, 4) is 23.0 Å². The number of aromatic nitrogens is 2. The van der Waals surface area contributed by atoms with Crippen LogP contribution in [-0.4, -0.2) is 35.0 Å². The zero-order valence-electron chi connectivity index (χ0n) is 9.36. The summed E-state index contributed by atoms with van der Waals surface area (Å²) in [6.07, 6.45) is 1.05. The van der Waals surface area contributed by atoms with Gasteiger partial charge in [0.1, 0.15) is 17.3 Å². The van der Waals surface area contributed by atoms with Gasteiger partial charge in [0, 0.05) is 6.26 Å². The molecular weight excluding hydrogens is 260 g/mol. The third kappa shape index (κ3) is 2.77. The van der Waals surface area contributed by atoms with Gasteiger partial charge in [0.15, 0.2) is 15.7 Å². The summed E-state index contributed by atoms with van der Waals surface area (Å²) in [6.45, 7) is 0. The topological polar surface area (TPSA) is 114 Å². The van der Waals surface area contributed by atoms with Crippen molar-refractivity contribution in [2.45, 2.75) is 5.75 Å². The van der Waals surface area contributed by atoms with Gasteiger partial charge in [-0.3, -0.25) is 0 Å². The Kier molecular flexibility index (Phi) is 2.95. The lowest BCUT2D eigenvalue weighted by molar-refractivity contribution is 0.417. The molecule has 0 aliphatic heterocycles. The minimum Gasteiger partial charge on any atom is -0.508 e. The van der Waals surface area contributed by atoms with Crippen LogP contribution in [0.2, 0.25) is 0 Å². The predicted octanol–water partition coefficient (Wildman–Crippen LogP) is 0.692. The number of hydrogen-bond acceptors (Lipinski definition) is 7. The molecule has 0 amide bonds. The van der Waals surface area contributed by atoms with Crippen LogP contribution in [0.5, 0.6) is 11.5 Å². The maximum absolute atomic E-state index is 11.1. The summed E-state index contributed by atoms with van der Waals surface area (Å²) in [6, 6.07) is 3.81. The van der Waals surface area contributed by atoms with E-state index in [9.17, 15) is 18.6 Å². The van der Waals surface area contributed by atoms with Gasteiger partial charge in [-0.15, -0.1) is 0 Å². The number of nitrogens with zero attached hydrogens (tertiary/aromatic N) is 2. The first-order chi connectivity index (χ1) is 8.35. The smallest absolute Gasteiger partial charge is 0.261 e. The van der Waals surface area contributed by atoms with Gasteiger partial charge in [-0.25, -0.2) is 8.42 Å². The Morgan fingerprint density at radius 1 is 1.33 bits per heavy atom. The zero-order valence-corrected chi connectivity index (χ0v) is 10.2. The van der Waals surface area contributed by atoms with Gasteiger partial charge in [-0.2, -0.15) is 4.98 Å². The Morgan fingerprint density at radius 3 is 2.72 bits per heavy atom. The van der Waals surface area contributed by atoms with Crippen molar-refractivity contribution in [3.63, 3.8) is 0 Å². The molecule has 2 aromatic rings. The highest BCUT2D eigenvalue weighted by molar-refractivity contribution is 7.89. The predicted molar refractivity (Wildman–Crippen MR) is 61.6 cm³/mol. The molecule has 18 heavy (non-hydrogen) atoms. The maximum atomic E-state index is 11.1. The molecule has 0 radical (unpaired) electrons. The van der Waals surface area contributed by atoms with E-state index in [-0.39, 0.29) is 34.5 Å². The van der Waals surface area contributed by atoms with Crippen LogP contribution in [0.25, 0.3) is 11.5 Å². The first-order valence-corrected chi connectivity index (χ1v) is 6.94. The molecule has 0 saturated carbocycles. The summed E-state index contributed by atoms with van der Waals surface area (Å²) in [4.78, 5) is 3.84. The molecule has 0 atom stereocenters. The number of benzene rings is 1. The van der Waals surface area contributed by atoms with Crippen molar-refractivity contribution in [1.29, 1.82) is 0 Å². The molecule has 0 spiro atoms. The average Bonchev–Trinajstić information content (AvgIpc) is 2.67. The average molecular weight is 270 g/mol. The third-order valence-corrected chi connectivity index (χ3v) is 2.85. The molecule has 0 fully saturated rings. The molecule has 0 unspecified atom stereocenters. The van der Waals surface area contributed by atoms with E-state index >= 15 is 0 Å². The van der Waals surface area contributed by atoms with Crippen molar-refractivity contribution in [1.82, 2.24) is 10.1 Å². The number of sulfone groups is 1. The molecule has 7 nitrogen and oxygen atoms in total. The van der Waals surface area contributed by atoms with Crippen LogP contribution in [0.4, 0.5) is 0 Å². The SMILES string of the molecule is CS(=O)(=O)Cc1noc(-c2cc(O)ccc2O)n1. The standard InChI is InChI=1S/C10H10N2O5S/c1-18(15,16)5-9-11-10(17-12-9)7-4-6(13)2-3-8(7)14/h2-4,13-14H,5H2,1H3. The molecular formula is C10H10N2O5S. The quantitative estimate of drug-likeness (QED) is 0.789. The van der Waals surface area contributed by atoms with Gasteiger partial charge >= 0.3 is 0 Å². The van der Waals surface area contributed by atoms with E-state index in [2.05, 4.69) is 10.1 Å². The first-order valence-electron chi connectivity index (χ1n) is 4.88. The van der Waals surface area contributed by atoms with Gasteiger partial charge in [0.2, 0.25) is 0 Å². The Balaban J connectivity index is 2.38. The highest BCUT2D eigenvalue weighted by Gasteiger charge is 2.16. The van der Waals surface area contributed by atoms with Crippen LogP contribution < -0.4 is 0 Å². The Labute approximate surface area is 103 Å². The molecule has 1 aromatic carbocycles. The number of phenolic OH excluding ortho intramolecular Hbond substituents is 2. The van der Waals surface area contributed by atoms with Crippen LogP contribution in [0.1, 0.15) is 5.82 Å². The Morgan fingerprint density at radius 2 is 2.06 bits per heavy atom. The summed E-state index contributed by atoms with van der Waals surface area (Å²) in [5.74, 6) is -0.638. The molecule has 0 aliphatic rings. The summed E-state index contributed by atoms with van der Waals surface area (Å²) in [7, 11) is -3.26. The number of rotatable bonds is 3. The summed E-state index contributed by atoms with van der Waals surface area (Å²) in [5, 5.41) is 22.4. The minimum absolute atomic E-state index is 0.00440. The van der Waals surface area contributed by atoms with Gasteiger partial charge in [0.05, 0.1) is 5.56 Å². The summed E-state index contributed by atoms with van der Waals surface area (Å²) in [5.41, 5.74) is 0.141. The molecule has 0 aliphatic carbocycles. The normalized spacial score (nSPS) is 11.6. The van der Waals surface area contributed by atoms with Crippen molar-refractivity contribution in [2.75, 3.05) is 6.26 Å². The van der Waals surface area contributed by atoms with Crippen LogP contribution in [0, 0.1) is 0 Å². The highest BCUT2D eigenvalue weighted by Crippen LogP contribution is 2.30. The second-order valence-corrected chi connectivity index (χ2v) is 5.93. The van der Waals surface area contributed by atoms with Gasteiger partial charge in [0.25, 0.3) is 5.89 Å². The highest BCUT2D eigenvalue weighted by atomic mass is 32.2. The molecule has 1 aromatic heterocycles. The van der Waals surface area contributed by atoms with E-state index in [0.29, 0.717) is 0 Å². The number of phenols is 2. The van der Waals surface area contributed by atoms with Crippen LogP contribution >= 0.6 is 0 Å². The van der Waals surface area contributed by atoms with E-state index in [1.165, 1.54) is 18.2 Å². The van der Waals surface area contributed by atoms with Crippen molar-refractivity contribution in [2.24, 2.45) is 0 Å². The first kappa shape index (κ1) is 12.4. The van der Waals surface area contributed by atoms with Gasteiger partial charge in [-0.1, -0.05) is 5.16 Å².